The average Bonchev–Trinajstić information content (AvgIpc) is 3.14. The van der Waals surface area contributed by atoms with E-state index in [1.165, 1.54) is 28.6 Å². The van der Waals surface area contributed by atoms with Crippen molar-refractivity contribution in [3.63, 3.8) is 0 Å². The number of carbonyl (C=O) groups excluding carboxylic acids is 1. The lowest BCUT2D eigenvalue weighted by Gasteiger charge is -2.25. The smallest absolute Gasteiger partial charge is 0.193 e. The van der Waals surface area contributed by atoms with Crippen molar-refractivity contribution in [1.82, 2.24) is 4.98 Å². The third-order valence-electron chi connectivity index (χ3n) is 5.64. The Labute approximate surface area is 164 Å². The van der Waals surface area contributed by atoms with Crippen LogP contribution in [0.5, 0.6) is 0 Å². The van der Waals surface area contributed by atoms with Gasteiger partial charge in [0.25, 0.3) is 0 Å². The van der Waals surface area contributed by atoms with Crippen molar-refractivity contribution >= 4 is 22.4 Å². The first-order chi connectivity index (χ1) is 13.8. The third-order valence-corrected chi connectivity index (χ3v) is 5.64. The molecule has 3 aromatic carbocycles. The molecule has 3 heteroatoms. The molecule has 0 radical (unpaired) electrons. The number of hydrogen-bond donors (Lipinski definition) is 2. The second-order valence-electron chi connectivity index (χ2n) is 7.42. The monoisotopic (exact) mass is 366 g/mol. The van der Waals surface area contributed by atoms with E-state index in [0.29, 0.717) is 5.56 Å². The lowest BCUT2D eigenvalue weighted by molar-refractivity contribution is 0.103. The number of para-hydroxylation sites is 1. The molecule has 0 aliphatic heterocycles. The van der Waals surface area contributed by atoms with Crippen molar-refractivity contribution in [2.24, 2.45) is 0 Å². The van der Waals surface area contributed by atoms with E-state index in [9.17, 15) is 4.79 Å². The topological polar surface area (TPSA) is 44.9 Å². The molecule has 138 valence electrons. The molecule has 1 heterocycles. The summed E-state index contributed by atoms with van der Waals surface area (Å²) in [7, 11) is 0. The van der Waals surface area contributed by atoms with Gasteiger partial charge in [-0.3, -0.25) is 4.79 Å². The number of H-pyrrole nitrogens is 1. The van der Waals surface area contributed by atoms with Gasteiger partial charge in [0.2, 0.25) is 0 Å². The van der Waals surface area contributed by atoms with E-state index >= 15 is 0 Å². The highest BCUT2D eigenvalue weighted by molar-refractivity contribution is 6.09. The van der Waals surface area contributed by atoms with Gasteiger partial charge in [-0.2, -0.15) is 0 Å². The van der Waals surface area contributed by atoms with Gasteiger partial charge in [0.05, 0.1) is 6.04 Å². The Kier molecular flexibility index (Phi) is 4.21. The van der Waals surface area contributed by atoms with Gasteiger partial charge in [-0.25, -0.2) is 0 Å². The highest BCUT2D eigenvalue weighted by atomic mass is 16.1. The number of benzene rings is 3. The van der Waals surface area contributed by atoms with Crippen LogP contribution in [0.4, 0.5) is 5.69 Å². The summed E-state index contributed by atoms with van der Waals surface area (Å²) in [6, 6.07) is 26.1. The van der Waals surface area contributed by atoms with Gasteiger partial charge < -0.3 is 10.3 Å². The van der Waals surface area contributed by atoms with E-state index in [4.69, 9.17) is 0 Å². The van der Waals surface area contributed by atoms with Crippen LogP contribution in [0.15, 0.2) is 78.9 Å². The van der Waals surface area contributed by atoms with Crippen LogP contribution >= 0.6 is 0 Å². The predicted molar refractivity (Wildman–Crippen MR) is 114 cm³/mol. The highest BCUT2D eigenvalue weighted by Crippen LogP contribution is 2.36. The summed E-state index contributed by atoms with van der Waals surface area (Å²) in [5.41, 5.74) is 6.43. The molecule has 3 nitrogen and oxygen atoms in total. The number of ketones is 1. The van der Waals surface area contributed by atoms with E-state index in [0.717, 1.165) is 24.1 Å². The van der Waals surface area contributed by atoms with Gasteiger partial charge >= 0.3 is 0 Å². The van der Waals surface area contributed by atoms with Crippen LogP contribution in [0, 0.1) is 0 Å². The maximum atomic E-state index is 12.6. The largest absolute Gasteiger partial charge is 0.377 e. The second kappa shape index (κ2) is 7.01. The van der Waals surface area contributed by atoms with E-state index in [1.807, 2.05) is 54.6 Å². The summed E-state index contributed by atoms with van der Waals surface area (Å²) >= 11 is 0. The summed E-state index contributed by atoms with van der Waals surface area (Å²) in [6.07, 6.45) is 3.41. The van der Waals surface area contributed by atoms with E-state index in [2.05, 4.69) is 34.6 Å². The number of aryl methyl sites for hydroxylation is 1. The van der Waals surface area contributed by atoms with Crippen LogP contribution in [0.3, 0.4) is 0 Å². The van der Waals surface area contributed by atoms with E-state index < -0.39 is 0 Å². The summed E-state index contributed by atoms with van der Waals surface area (Å²) in [5, 5.41) is 5.00. The molecule has 0 saturated carbocycles. The lowest BCUT2D eigenvalue weighted by atomic mass is 9.91. The first kappa shape index (κ1) is 16.8. The fraction of sp³-hybridized carbons (Fsp3) is 0.160. The van der Waals surface area contributed by atoms with Crippen molar-refractivity contribution in [2.75, 3.05) is 5.32 Å². The van der Waals surface area contributed by atoms with Gasteiger partial charge in [-0.15, -0.1) is 0 Å². The second-order valence-corrected chi connectivity index (χ2v) is 7.42. The summed E-state index contributed by atoms with van der Waals surface area (Å²) in [4.78, 5) is 16.2. The Hall–Kier alpha value is -3.33. The minimum Gasteiger partial charge on any atom is -0.377 e. The number of fused-ring (bicyclic) bond motifs is 3. The summed E-state index contributed by atoms with van der Waals surface area (Å²) < 4.78 is 0. The van der Waals surface area contributed by atoms with E-state index in [-0.39, 0.29) is 11.8 Å². The van der Waals surface area contributed by atoms with Gasteiger partial charge in [-0.05, 0) is 55.2 Å². The number of aromatic nitrogens is 1. The van der Waals surface area contributed by atoms with Crippen molar-refractivity contribution in [3.05, 3.63) is 101 Å². The fourth-order valence-electron chi connectivity index (χ4n) is 4.23. The van der Waals surface area contributed by atoms with Crippen LogP contribution < -0.4 is 5.32 Å². The van der Waals surface area contributed by atoms with Gasteiger partial charge in [0, 0.05) is 33.4 Å². The Morgan fingerprint density at radius 2 is 1.57 bits per heavy atom. The molecule has 0 spiro atoms. The quantitative estimate of drug-likeness (QED) is 0.442. The van der Waals surface area contributed by atoms with Crippen molar-refractivity contribution in [2.45, 2.75) is 25.3 Å². The number of rotatable bonds is 4. The molecule has 0 bridgehead atoms. The van der Waals surface area contributed by atoms with Crippen LogP contribution in [0.25, 0.3) is 10.9 Å². The van der Waals surface area contributed by atoms with Crippen LogP contribution in [-0.4, -0.2) is 10.8 Å². The van der Waals surface area contributed by atoms with Crippen molar-refractivity contribution in [1.29, 1.82) is 0 Å². The highest BCUT2D eigenvalue weighted by Gasteiger charge is 2.24. The lowest BCUT2D eigenvalue weighted by Crippen LogP contribution is -2.17. The minimum atomic E-state index is 0.0581. The molecular weight excluding hydrogens is 344 g/mol. The third kappa shape index (κ3) is 2.99. The average molecular weight is 366 g/mol. The SMILES string of the molecule is O=C(c1ccccc1)c1ccc(NC2CCCc3c2[nH]c2ccccc32)cc1. The molecule has 0 saturated heterocycles. The number of hydrogen-bond acceptors (Lipinski definition) is 2. The molecule has 1 atom stereocenters. The number of aromatic amines is 1. The van der Waals surface area contributed by atoms with Gasteiger partial charge in [-0.1, -0.05) is 48.5 Å². The molecule has 1 aliphatic carbocycles. The summed E-state index contributed by atoms with van der Waals surface area (Å²) in [5.74, 6) is 0.0581. The van der Waals surface area contributed by atoms with Crippen LogP contribution in [0.2, 0.25) is 0 Å². The maximum absolute atomic E-state index is 12.6. The zero-order valence-electron chi connectivity index (χ0n) is 15.6. The van der Waals surface area contributed by atoms with Crippen LogP contribution in [0.1, 0.15) is 46.1 Å². The van der Waals surface area contributed by atoms with Crippen LogP contribution in [-0.2, 0) is 6.42 Å². The minimum absolute atomic E-state index is 0.0581. The molecular formula is C25H22N2O. The number of carbonyl (C=O) groups is 1. The molecule has 1 aromatic heterocycles. The van der Waals surface area contributed by atoms with Crippen molar-refractivity contribution in [3.8, 4) is 0 Å². The van der Waals surface area contributed by atoms with Gasteiger partial charge in [0.1, 0.15) is 0 Å². The zero-order valence-corrected chi connectivity index (χ0v) is 15.6. The summed E-state index contributed by atoms with van der Waals surface area (Å²) in [6.45, 7) is 0. The Bertz CT molecular complexity index is 1130. The maximum Gasteiger partial charge on any atom is 0.193 e. The number of anilines is 1. The van der Waals surface area contributed by atoms with Crippen molar-refractivity contribution < 1.29 is 4.79 Å². The Morgan fingerprint density at radius 1 is 0.857 bits per heavy atom. The molecule has 28 heavy (non-hydrogen) atoms. The first-order valence-electron chi connectivity index (χ1n) is 9.85. The molecule has 0 fully saturated rings. The number of nitrogens with one attached hydrogen (secondary N) is 2. The molecule has 1 aliphatic rings. The predicted octanol–water partition coefficient (Wildman–Crippen LogP) is 5.89. The molecule has 1 unspecified atom stereocenters. The fourth-order valence-corrected chi connectivity index (χ4v) is 4.23. The Morgan fingerprint density at radius 3 is 2.39 bits per heavy atom. The first-order valence-corrected chi connectivity index (χ1v) is 9.85. The van der Waals surface area contributed by atoms with Gasteiger partial charge in [0.15, 0.2) is 5.78 Å². The Balaban J connectivity index is 1.38. The zero-order chi connectivity index (χ0) is 18.9. The molecule has 4 aromatic rings. The molecule has 0 amide bonds. The molecule has 5 rings (SSSR count). The molecule has 2 N–H and O–H groups in total. The standard InChI is InChI=1S/C25H22N2O/c28-25(17-7-2-1-3-8-17)18-13-15-19(16-14-18)26-23-12-6-10-21-20-9-4-5-11-22(20)27-24(21)23/h1-5,7-9,11,13-16,23,26-27H,6,10,12H2. The van der Waals surface area contributed by atoms with E-state index in [1.54, 1.807) is 0 Å². The normalized spacial score (nSPS) is 15.9.